The molecule has 0 saturated carbocycles. The largest absolute Gasteiger partial charge is 0.417 e. The molecule has 2 heterocycles. The topological polar surface area (TPSA) is 62.1 Å². The van der Waals surface area contributed by atoms with Crippen molar-refractivity contribution in [3.05, 3.63) is 81.7 Å². The number of nitrogens with one attached hydrogen (secondary N) is 1. The number of halogens is 4. The maximum absolute atomic E-state index is 11.8. The number of aromatic nitrogens is 1. The SMILES string of the molecule is Nc1cc(-c2ccccc2Cl)ccc1N1CCCC1.O=c1ccc(C(F)(F)F)c[nH]1. The fourth-order valence-corrected chi connectivity index (χ4v) is 3.50. The lowest BCUT2D eigenvalue weighted by molar-refractivity contribution is -0.137. The molecule has 4 rings (SSSR count). The molecule has 8 heteroatoms. The molecule has 1 aliphatic heterocycles. The van der Waals surface area contributed by atoms with Gasteiger partial charge in [-0.05, 0) is 42.7 Å². The van der Waals surface area contributed by atoms with Crippen LogP contribution in [0.4, 0.5) is 24.5 Å². The summed E-state index contributed by atoms with van der Waals surface area (Å²) in [6.45, 7) is 2.21. The molecule has 2 aromatic carbocycles. The first-order valence-electron chi connectivity index (χ1n) is 9.41. The fraction of sp³-hybridized carbons (Fsp3) is 0.227. The second-order valence-electron chi connectivity index (χ2n) is 6.89. The number of nitrogens with two attached hydrogens (primary N) is 1. The number of aromatic amines is 1. The van der Waals surface area contributed by atoms with Crippen molar-refractivity contribution in [3.63, 3.8) is 0 Å². The van der Waals surface area contributed by atoms with Gasteiger partial charge in [-0.25, -0.2) is 0 Å². The Morgan fingerprint density at radius 3 is 2.27 bits per heavy atom. The molecule has 0 spiro atoms. The van der Waals surface area contributed by atoms with Gasteiger partial charge in [-0.1, -0.05) is 35.9 Å². The van der Waals surface area contributed by atoms with E-state index in [9.17, 15) is 18.0 Å². The van der Waals surface area contributed by atoms with Gasteiger partial charge < -0.3 is 15.6 Å². The van der Waals surface area contributed by atoms with E-state index in [2.05, 4.69) is 17.0 Å². The van der Waals surface area contributed by atoms with Gasteiger partial charge in [0.05, 0.1) is 16.9 Å². The number of nitrogens with zero attached hydrogens (tertiary/aromatic N) is 1. The van der Waals surface area contributed by atoms with Crippen LogP contribution in [0.5, 0.6) is 0 Å². The molecule has 0 aliphatic carbocycles. The zero-order valence-corrected chi connectivity index (χ0v) is 16.8. The number of hydrogen-bond acceptors (Lipinski definition) is 3. The molecule has 0 amide bonds. The standard InChI is InChI=1S/C16H17ClN2.C6H4F3NO/c17-14-6-2-1-5-13(14)12-7-8-16(15(18)11-12)19-9-3-4-10-19;7-6(8,9)4-1-2-5(11)10-3-4/h1-2,5-8,11H,3-4,9-10,18H2;1-3H,(H,10,11). The highest BCUT2D eigenvalue weighted by Gasteiger charge is 2.30. The zero-order valence-electron chi connectivity index (χ0n) is 16.0. The molecule has 1 fully saturated rings. The summed E-state index contributed by atoms with van der Waals surface area (Å²) in [7, 11) is 0. The first kappa shape index (κ1) is 21.8. The van der Waals surface area contributed by atoms with Crippen LogP contribution in [-0.4, -0.2) is 18.1 Å². The molecule has 158 valence electrons. The molecule has 1 aliphatic rings. The maximum atomic E-state index is 11.8. The second kappa shape index (κ2) is 9.26. The summed E-state index contributed by atoms with van der Waals surface area (Å²) in [6, 6.07) is 15.7. The van der Waals surface area contributed by atoms with Crippen LogP contribution >= 0.6 is 11.6 Å². The number of pyridine rings is 1. The van der Waals surface area contributed by atoms with Crippen molar-refractivity contribution in [3.8, 4) is 11.1 Å². The summed E-state index contributed by atoms with van der Waals surface area (Å²) in [5.74, 6) is 0. The molecule has 3 N–H and O–H groups in total. The molecule has 0 bridgehead atoms. The van der Waals surface area contributed by atoms with Crippen molar-refractivity contribution in [2.45, 2.75) is 19.0 Å². The molecule has 0 radical (unpaired) electrons. The summed E-state index contributed by atoms with van der Waals surface area (Å²) in [6.07, 6.45) is -1.23. The Balaban J connectivity index is 0.000000199. The van der Waals surface area contributed by atoms with Gasteiger partial charge in [0, 0.05) is 35.9 Å². The third-order valence-corrected chi connectivity index (χ3v) is 5.10. The number of benzene rings is 2. The van der Waals surface area contributed by atoms with Crippen LogP contribution in [0.2, 0.25) is 5.02 Å². The average Bonchev–Trinajstić information content (AvgIpc) is 3.23. The molecule has 30 heavy (non-hydrogen) atoms. The van der Waals surface area contributed by atoms with Crippen molar-refractivity contribution >= 4 is 23.0 Å². The molecular formula is C22H21ClF3N3O. The first-order chi connectivity index (χ1) is 14.3. The minimum absolute atomic E-state index is 0.544. The Bertz CT molecular complexity index is 1040. The first-order valence-corrected chi connectivity index (χ1v) is 9.79. The van der Waals surface area contributed by atoms with E-state index < -0.39 is 17.3 Å². The fourth-order valence-electron chi connectivity index (χ4n) is 3.25. The number of rotatable bonds is 2. The number of anilines is 2. The second-order valence-corrected chi connectivity index (χ2v) is 7.29. The molecule has 1 saturated heterocycles. The predicted molar refractivity (Wildman–Crippen MR) is 115 cm³/mol. The maximum Gasteiger partial charge on any atom is 0.417 e. The monoisotopic (exact) mass is 435 g/mol. The normalized spacial score (nSPS) is 13.7. The van der Waals surface area contributed by atoms with Crippen LogP contribution in [-0.2, 0) is 6.18 Å². The van der Waals surface area contributed by atoms with E-state index in [0.717, 1.165) is 52.7 Å². The van der Waals surface area contributed by atoms with Gasteiger partial charge in [0.1, 0.15) is 0 Å². The van der Waals surface area contributed by atoms with Crippen molar-refractivity contribution in [2.75, 3.05) is 23.7 Å². The van der Waals surface area contributed by atoms with Gasteiger partial charge in [0.2, 0.25) is 5.56 Å². The Labute approximate surface area is 177 Å². The molecular weight excluding hydrogens is 415 g/mol. The van der Waals surface area contributed by atoms with E-state index in [1.54, 1.807) is 0 Å². The smallest absolute Gasteiger partial charge is 0.397 e. The van der Waals surface area contributed by atoms with Crippen LogP contribution in [0.15, 0.2) is 65.6 Å². The molecule has 4 nitrogen and oxygen atoms in total. The van der Waals surface area contributed by atoms with E-state index in [1.807, 2.05) is 35.3 Å². The number of hydrogen-bond donors (Lipinski definition) is 2. The summed E-state index contributed by atoms with van der Waals surface area (Å²) in [4.78, 5) is 14.6. The van der Waals surface area contributed by atoms with E-state index in [-0.39, 0.29) is 0 Å². The molecule has 1 aromatic heterocycles. The molecule has 0 atom stereocenters. The van der Waals surface area contributed by atoms with E-state index in [0.29, 0.717) is 6.20 Å². The van der Waals surface area contributed by atoms with Gasteiger partial charge >= 0.3 is 6.18 Å². The lowest BCUT2D eigenvalue weighted by atomic mass is 10.0. The van der Waals surface area contributed by atoms with Gasteiger partial charge in [-0.15, -0.1) is 0 Å². The van der Waals surface area contributed by atoms with Gasteiger partial charge in [-0.2, -0.15) is 13.2 Å². The molecule has 0 unspecified atom stereocenters. The third-order valence-electron chi connectivity index (χ3n) is 4.77. The highest BCUT2D eigenvalue weighted by atomic mass is 35.5. The Morgan fingerprint density at radius 2 is 1.70 bits per heavy atom. The van der Waals surface area contributed by atoms with E-state index in [4.69, 9.17) is 17.3 Å². The summed E-state index contributed by atoms with van der Waals surface area (Å²) in [5.41, 5.74) is 8.90. The number of alkyl halides is 3. The quantitative estimate of drug-likeness (QED) is 0.516. The van der Waals surface area contributed by atoms with Gasteiger partial charge in [0.25, 0.3) is 0 Å². The van der Waals surface area contributed by atoms with Crippen LogP contribution < -0.4 is 16.2 Å². The Hall–Kier alpha value is -2.93. The summed E-state index contributed by atoms with van der Waals surface area (Å²) in [5, 5.41) is 0.760. The Morgan fingerprint density at radius 1 is 1.00 bits per heavy atom. The number of nitrogen functional groups attached to an aromatic ring is 1. The zero-order chi connectivity index (χ0) is 21.7. The lowest BCUT2D eigenvalue weighted by Crippen LogP contribution is -2.18. The van der Waals surface area contributed by atoms with Crippen molar-refractivity contribution < 1.29 is 13.2 Å². The summed E-state index contributed by atoms with van der Waals surface area (Å²) < 4.78 is 35.4. The minimum Gasteiger partial charge on any atom is -0.397 e. The van der Waals surface area contributed by atoms with E-state index in [1.165, 1.54) is 12.8 Å². The lowest BCUT2D eigenvalue weighted by Gasteiger charge is -2.20. The van der Waals surface area contributed by atoms with E-state index >= 15 is 0 Å². The van der Waals surface area contributed by atoms with Crippen molar-refractivity contribution in [1.29, 1.82) is 0 Å². The van der Waals surface area contributed by atoms with Crippen LogP contribution in [0.25, 0.3) is 11.1 Å². The van der Waals surface area contributed by atoms with Crippen molar-refractivity contribution in [1.82, 2.24) is 4.98 Å². The average molecular weight is 436 g/mol. The van der Waals surface area contributed by atoms with Crippen LogP contribution in [0, 0.1) is 0 Å². The summed E-state index contributed by atoms with van der Waals surface area (Å²) >= 11 is 6.23. The van der Waals surface area contributed by atoms with Gasteiger partial charge in [-0.3, -0.25) is 4.79 Å². The highest BCUT2D eigenvalue weighted by Crippen LogP contribution is 2.34. The molecule has 3 aromatic rings. The number of H-pyrrole nitrogens is 1. The van der Waals surface area contributed by atoms with Crippen LogP contribution in [0.3, 0.4) is 0 Å². The van der Waals surface area contributed by atoms with Crippen molar-refractivity contribution in [2.24, 2.45) is 0 Å². The Kier molecular flexibility index (Phi) is 6.72. The van der Waals surface area contributed by atoms with Gasteiger partial charge in [0.15, 0.2) is 0 Å². The highest BCUT2D eigenvalue weighted by molar-refractivity contribution is 6.33. The van der Waals surface area contributed by atoms with Crippen LogP contribution in [0.1, 0.15) is 18.4 Å². The third kappa shape index (κ3) is 5.36. The predicted octanol–water partition coefficient (Wildman–Crippen LogP) is 5.58. The minimum atomic E-state index is -4.38.